The largest absolute Gasteiger partial charge is 0.496 e. The zero-order valence-electron chi connectivity index (χ0n) is 12.7. The summed E-state index contributed by atoms with van der Waals surface area (Å²) in [7, 11) is 1.65. The Balaban J connectivity index is 2.22. The fourth-order valence-electron chi connectivity index (χ4n) is 2.43. The minimum atomic E-state index is 0.319. The summed E-state index contributed by atoms with van der Waals surface area (Å²) in [6, 6.07) is 15.9. The Kier molecular flexibility index (Phi) is 3.89. The van der Waals surface area contributed by atoms with Crippen LogP contribution < -0.4 is 10.5 Å². The lowest BCUT2D eigenvalue weighted by Gasteiger charge is -2.11. The number of nitrogens with two attached hydrogens (primary N) is 1. The van der Waals surface area contributed by atoms with E-state index in [1.807, 2.05) is 48.5 Å². The maximum atomic E-state index is 5.84. The molecule has 112 valence electrons. The molecule has 22 heavy (non-hydrogen) atoms. The molecular formula is C17H18N4O. The predicted octanol–water partition coefficient (Wildman–Crippen LogP) is 2.71. The molecule has 2 N–H and O–H groups in total. The number of ether oxygens (including phenoxy) is 1. The number of rotatable bonds is 4. The highest BCUT2D eigenvalue weighted by molar-refractivity contribution is 5.70. The van der Waals surface area contributed by atoms with Crippen LogP contribution in [0.2, 0.25) is 0 Å². The lowest BCUT2D eigenvalue weighted by atomic mass is 10.1. The molecule has 3 aromatic rings. The van der Waals surface area contributed by atoms with Crippen molar-refractivity contribution in [1.82, 2.24) is 15.0 Å². The van der Waals surface area contributed by atoms with Crippen molar-refractivity contribution >= 4 is 0 Å². The molecule has 1 heterocycles. The van der Waals surface area contributed by atoms with Gasteiger partial charge in [-0.3, -0.25) is 0 Å². The van der Waals surface area contributed by atoms with Gasteiger partial charge in [0.05, 0.1) is 12.8 Å². The van der Waals surface area contributed by atoms with E-state index in [2.05, 4.69) is 17.2 Å². The van der Waals surface area contributed by atoms with Crippen molar-refractivity contribution in [1.29, 1.82) is 0 Å². The second kappa shape index (κ2) is 5.99. The third kappa shape index (κ3) is 2.46. The quantitative estimate of drug-likeness (QED) is 0.803. The SMILES string of the molecule is COc1ccccc1-c1c(CN)nnn1-c1ccc(C)cc1. The van der Waals surface area contributed by atoms with E-state index in [-0.39, 0.29) is 0 Å². The number of para-hydroxylation sites is 1. The molecule has 0 fully saturated rings. The molecule has 0 saturated heterocycles. The van der Waals surface area contributed by atoms with Gasteiger partial charge >= 0.3 is 0 Å². The molecule has 0 aliphatic carbocycles. The Labute approximate surface area is 129 Å². The molecule has 0 bridgehead atoms. The summed E-state index contributed by atoms with van der Waals surface area (Å²) in [4.78, 5) is 0. The second-order valence-corrected chi connectivity index (χ2v) is 5.04. The Morgan fingerprint density at radius 1 is 1.09 bits per heavy atom. The molecule has 0 spiro atoms. The monoisotopic (exact) mass is 294 g/mol. The molecule has 5 heteroatoms. The number of hydrogen-bond acceptors (Lipinski definition) is 4. The smallest absolute Gasteiger partial charge is 0.128 e. The van der Waals surface area contributed by atoms with Crippen molar-refractivity contribution in [3.8, 4) is 22.7 Å². The fourth-order valence-corrected chi connectivity index (χ4v) is 2.43. The Morgan fingerprint density at radius 2 is 1.82 bits per heavy atom. The molecule has 5 nitrogen and oxygen atoms in total. The van der Waals surface area contributed by atoms with Crippen molar-refractivity contribution in [3.63, 3.8) is 0 Å². The minimum absolute atomic E-state index is 0.319. The summed E-state index contributed by atoms with van der Waals surface area (Å²) in [5, 5.41) is 8.49. The molecule has 2 aromatic carbocycles. The van der Waals surface area contributed by atoms with E-state index in [9.17, 15) is 0 Å². The van der Waals surface area contributed by atoms with Crippen LogP contribution >= 0.6 is 0 Å². The van der Waals surface area contributed by atoms with E-state index in [1.54, 1.807) is 11.8 Å². The number of benzene rings is 2. The summed E-state index contributed by atoms with van der Waals surface area (Å²) in [5.74, 6) is 0.771. The van der Waals surface area contributed by atoms with Crippen LogP contribution in [0.25, 0.3) is 16.9 Å². The van der Waals surface area contributed by atoms with Crippen LogP contribution in [-0.4, -0.2) is 22.1 Å². The first-order chi connectivity index (χ1) is 10.7. The van der Waals surface area contributed by atoms with Gasteiger partial charge in [0, 0.05) is 12.1 Å². The maximum absolute atomic E-state index is 5.84. The molecule has 0 radical (unpaired) electrons. The third-order valence-electron chi connectivity index (χ3n) is 3.57. The fraction of sp³-hybridized carbons (Fsp3) is 0.176. The number of aryl methyl sites for hydroxylation is 1. The first kappa shape index (κ1) is 14.3. The Morgan fingerprint density at radius 3 is 2.50 bits per heavy atom. The first-order valence-corrected chi connectivity index (χ1v) is 7.09. The molecule has 1 aromatic heterocycles. The van der Waals surface area contributed by atoms with Gasteiger partial charge in [-0.15, -0.1) is 5.10 Å². The van der Waals surface area contributed by atoms with Crippen LogP contribution in [0.4, 0.5) is 0 Å². The van der Waals surface area contributed by atoms with Crippen LogP contribution in [0, 0.1) is 6.92 Å². The summed E-state index contributed by atoms with van der Waals surface area (Å²) < 4.78 is 7.27. The van der Waals surface area contributed by atoms with Crippen molar-refractivity contribution in [3.05, 3.63) is 59.8 Å². The van der Waals surface area contributed by atoms with Crippen molar-refractivity contribution < 1.29 is 4.74 Å². The number of nitrogens with zero attached hydrogens (tertiary/aromatic N) is 3. The summed E-state index contributed by atoms with van der Waals surface area (Å²) in [6.45, 7) is 2.37. The predicted molar refractivity (Wildman–Crippen MR) is 86.0 cm³/mol. The first-order valence-electron chi connectivity index (χ1n) is 7.09. The molecule has 0 aliphatic heterocycles. The van der Waals surface area contributed by atoms with Crippen molar-refractivity contribution in [2.45, 2.75) is 13.5 Å². The van der Waals surface area contributed by atoms with Gasteiger partial charge in [0.15, 0.2) is 0 Å². The van der Waals surface area contributed by atoms with Gasteiger partial charge in [0.1, 0.15) is 17.1 Å². The van der Waals surface area contributed by atoms with E-state index >= 15 is 0 Å². The zero-order chi connectivity index (χ0) is 15.5. The third-order valence-corrected chi connectivity index (χ3v) is 3.57. The topological polar surface area (TPSA) is 66.0 Å². The summed E-state index contributed by atoms with van der Waals surface area (Å²) in [6.07, 6.45) is 0. The van der Waals surface area contributed by atoms with Gasteiger partial charge in [0.25, 0.3) is 0 Å². The van der Waals surface area contributed by atoms with Crippen LogP contribution in [0.15, 0.2) is 48.5 Å². The molecule has 0 saturated carbocycles. The normalized spacial score (nSPS) is 10.7. The minimum Gasteiger partial charge on any atom is -0.496 e. The molecule has 0 atom stereocenters. The molecular weight excluding hydrogens is 276 g/mol. The van der Waals surface area contributed by atoms with E-state index in [0.29, 0.717) is 6.54 Å². The van der Waals surface area contributed by atoms with E-state index in [0.717, 1.165) is 28.4 Å². The standard InChI is InChI=1S/C17H18N4O/c1-12-7-9-13(10-8-12)21-17(15(11-18)19-20-21)14-5-3-4-6-16(14)22-2/h3-10H,11,18H2,1-2H3. The van der Waals surface area contributed by atoms with Crippen LogP contribution in [0.1, 0.15) is 11.3 Å². The Hall–Kier alpha value is -2.66. The second-order valence-electron chi connectivity index (χ2n) is 5.04. The van der Waals surface area contributed by atoms with Gasteiger partial charge in [-0.2, -0.15) is 0 Å². The average molecular weight is 294 g/mol. The summed E-state index contributed by atoms with van der Waals surface area (Å²) >= 11 is 0. The number of aromatic nitrogens is 3. The van der Waals surface area contributed by atoms with Gasteiger partial charge in [-0.1, -0.05) is 35.0 Å². The number of hydrogen-bond donors (Lipinski definition) is 1. The maximum Gasteiger partial charge on any atom is 0.128 e. The van der Waals surface area contributed by atoms with Gasteiger partial charge in [-0.25, -0.2) is 4.68 Å². The van der Waals surface area contributed by atoms with Crippen molar-refractivity contribution in [2.75, 3.05) is 7.11 Å². The van der Waals surface area contributed by atoms with Crippen LogP contribution in [0.3, 0.4) is 0 Å². The zero-order valence-corrected chi connectivity index (χ0v) is 12.7. The highest BCUT2D eigenvalue weighted by atomic mass is 16.5. The molecule has 0 aliphatic rings. The van der Waals surface area contributed by atoms with Gasteiger partial charge in [0.2, 0.25) is 0 Å². The highest BCUT2D eigenvalue weighted by Crippen LogP contribution is 2.32. The Bertz CT molecular complexity index is 778. The van der Waals surface area contributed by atoms with Gasteiger partial charge in [-0.05, 0) is 31.2 Å². The van der Waals surface area contributed by atoms with E-state index in [1.165, 1.54) is 5.56 Å². The number of methoxy groups -OCH3 is 1. The van der Waals surface area contributed by atoms with E-state index in [4.69, 9.17) is 10.5 Å². The van der Waals surface area contributed by atoms with E-state index < -0.39 is 0 Å². The molecule has 3 rings (SSSR count). The van der Waals surface area contributed by atoms with Crippen LogP contribution in [-0.2, 0) is 6.54 Å². The molecule has 0 amide bonds. The van der Waals surface area contributed by atoms with Gasteiger partial charge < -0.3 is 10.5 Å². The highest BCUT2D eigenvalue weighted by Gasteiger charge is 2.18. The average Bonchev–Trinajstić information content (AvgIpc) is 2.99. The lowest BCUT2D eigenvalue weighted by molar-refractivity contribution is 0.416. The summed E-state index contributed by atoms with van der Waals surface area (Å²) in [5.41, 5.74) is 10.5. The van der Waals surface area contributed by atoms with Crippen LogP contribution in [0.5, 0.6) is 5.75 Å². The van der Waals surface area contributed by atoms with Crippen molar-refractivity contribution in [2.24, 2.45) is 5.73 Å². The molecule has 0 unspecified atom stereocenters. The lowest BCUT2D eigenvalue weighted by Crippen LogP contribution is -2.03.